The van der Waals surface area contributed by atoms with Gasteiger partial charge in [0.2, 0.25) is 5.91 Å². The zero-order valence-electron chi connectivity index (χ0n) is 12.3. The molecule has 0 saturated carbocycles. The molecule has 0 radical (unpaired) electrons. The van der Waals surface area contributed by atoms with Gasteiger partial charge in [0, 0.05) is 20.2 Å². The minimum atomic E-state index is -0.684. The van der Waals surface area contributed by atoms with Crippen LogP contribution in [0.3, 0.4) is 0 Å². The smallest absolute Gasteiger partial charge is 0.239 e. The number of benzene rings is 1. The summed E-state index contributed by atoms with van der Waals surface area (Å²) < 4.78 is 0. The summed E-state index contributed by atoms with van der Waals surface area (Å²) in [4.78, 5) is 13.7. The highest BCUT2D eigenvalue weighted by atomic mass is 16.3. The topological polar surface area (TPSA) is 107 Å². The van der Waals surface area contributed by atoms with Gasteiger partial charge in [0.15, 0.2) is 11.5 Å². The van der Waals surface area contributed by atoms with Crippen LogP contribution in [0.1, 0.15) is 24.8 Å². The summed E-state index contributed by atoms with van der Waals surface area (Å²) in [5.41, 5.74) is 6.59. The molecule has 0 bridgehead atoms. The van der Waals surface area contributed by atoms with E-state index in [9.17, 15) is 15.0 Å². The lowest BCUT2D eigenvalue weighted by molar-refractivity contribution is -0.131. The van der Waals surface area contributed by atoms with Crippen LogP contribution in [0, 0.1) is 0 Å². The Morgan fingerprint density at radius 1 is 1.24 bits per heavy atom. The predicted octanol–water partition coefficient (Wildman–Crippen LogP) is 0.589. The maximum Gasteiger partial charge on any atom is 0.239 e. The number of unbranched alkanes of at least 4 members (excludes halogenated alkanes) is 2. The van der Waals surface area contributed by atoms with E-state index in [1.54, 1.807) is 18.0 Å². The zero-order chi connectivity index (χ0) is 15.8. The second-order valence-electron chi connectivity index (χ2n) is 5.18. The molecule has 6 heteroatoms. The molecule has 1 rings (SSSR count). The Bertz CT molecular complexity index is 465. The van der Waals surface area contributed by atoms with Gasteiger partial charge < -0.3 is 26.0 Å². The number of hydrogen-bond acceptors (Lipinski definition) is 5. The number of hydrogen-bond donors (Lipinski definition) is 4. The normalized spacial score (nSPS) is 12.1. The average molecular weight is 296 g/mol. The van der Waals surface area contributed by atoms with Gasteiger partial charge in [-0.1, -0.05) is 6.07 Å². The highest BCUT2D eigenvalue weighted by molar-refractivity contribution is 5.81. The number of amides is 1. The molecule has 0 aromatic heterocycles. The van der Waals surface area contributed by atoms with E-state index in [1.807, 2.05) is 0 Å². The number of phenols is 2. The lowest BCUT2D eigenvalue weighted by Crippen LogP contribution is -2.43. The number of phenolic OH excluding ortho intramolecular Hbond substituents is 2. The van der Waals surface area contributed by atoms with Crippen molar-refractivity contribution in [1.82, 2.24) is 4.90 Å². The summed E-state index contributed by atoms with van der Waals surface area (Å²) in [6, 6.07) is 3.73. The molecule has 1 aromatic carbocycles. The van der Waals surface area contributed by atoms with Gasteiger partial charge in [0.1, 0.15) is 0 Å². The summed E-state index contributed by atoms with van der Waals surface area (Å²) in [6.45, 7) is 0.773. The van der Waals surface area contributed by atoms with Crippen LogP contribution in [0.15, 0.2) is 18.2 Å². The summed E-state index contributed by atoms with van der Waals surface area (Å²) in [6.07, 6.45) is 2.74. The summed E-state index contributed by atoms with van der Waals surface area (Å²) in [5.74, 6) is -0.573. The van der Waals surface area contributed by atoms with E-state index in [1.165, 1.54) is 12.1 Å². The fourth-order valence-corrected chi connectivity index (χ4v) is 2.07. The van der Waals surface area contributed by atoms with Gasteiger partial charge in [-0.2, -0.15) is 0 Å². The van der Waals surface area contributed by atoms with Crippen molar-refractivity contribution in [2.75, 3.05) is 20.2 Å². The standard InChI is InChI=1S/C15H24N2O4/c1-17(7-3-2-4-8-18)15(21)12(16)9-11-5-6-13(19)14(20)10-11/h5-6,10,12,18-20H,2-4,7-9,16H2,1H3/t12-/m0/s1. The summed E-state index contributed by atoms with van der Waals surface area (Å²) >= 11 is 0. The Morgan fingerprint density at radius 3 is 2.57 bits per heavy atom. The van der Waals surface area contributed by atoms with Crippen LogP contribution in [0.2, 0.25) is 0 Å². The molecular formula is C15H24N2O4. The summed E-state index contributed by atoms with van der Waals surface area (Å²) in [7, 11) is 1.70. The molecule has 6 nitrogen and oxygen atoms in total. The van der Waals surface area contributed by atoms with Gasteiger partial charge in [-0.05, 0) is 43.4 Å². The molecule has 0 saturated heterocycles. The first-order valence-corrected chi connectivity index (χ1v) is 7.08. The Balaban J connectivity index is 2.47. The molecule has 0 aliphatic carbocycles. The molecule has 0 aliphatic heterocycles. The summed E-state index contributed by atoms with van der Waals surface area (Å²) in [5, 5.41) is 27.4. The van der Waals surface area contributed by atoms with E-state index in [2.05, 4.69) is 0 Å². The molecule has 1 aromatic rings. The molecule has 0 unspecified atom stereocenters. The number of carbonyl (C=O) groups is 1. The molecule has 0 heterocycles. The quantitative estimate of drug-likeness (QED) is 0.415. The van der Waals surface area contributed by atoms with Crippen LogP contribution in [0.25, 0.3) is 0 Å². The lowest BCUT2D eigenvalue weighted by Gasteiger charge is -2.21. The second-order valence-corrected chi connectivity index (χ2v) is 5.18. The molecular weight excluding hydrogens is 272 g/mol. The number of likely N-dealkylation sites (N-methyl/N-ethyl adjacent to an activating group) is 1. The van der Waals surface area contributed by atoms with Crippen molar-refractivity contribution in [1.29, 1.82) is 0 Å². The maximum atomic E-state index is 12.1. The molecule has 21 heavy (non-hydrogen) atoms. The molecule has 0 aliphatic rings. The predicted molar refractivity (Wildman–Crippen MR) is 80.0 cm³/mol. The van der Waals surface area contributed by atoms with Crippen LogP contribution in [-0.2, 0) is 11.2 Å². The third-order valence-corrected chi connectivity index (χ3v) is 3.34. The third-order valence-electron chi connectivity index (χ3n) is 3.34. The van der Waals surface area contributed by atoms with Crippen molar-refractivity contribution in [3.05, 3.63) is 23.8 Å². The zero-order valence-corrected chi connectivity index (χ0v) is 12.3. The first-order chi connectivity index (χ1) is 9.95. The first-order valence-electron chi connectivity index (χ1n) is 7.08. The van der Waals surface area contributed by atoms with Crippen LogP contribution in [-0.4, -0.2) is 52.4 Å². The third kappa shape index (κ3) is 5.61. The SMILES string of the molecule is CN(CCCCCO)C(=O)[C@@H](N)Cc1ccc(O)c(O)c1. The van der Waals surface area contributed by atoms with Gasteiger partial charge in [-0.15, -0.1) is 0 Å². The Morgan fingerprint density at radius 2 is 1.95 bits per heavy atom. The monoisotopic (exact) mass is 296 g/mol. The van der Waals surface area contributed by atoms with E-state index in [-0.39, 0.29) is 24.0 Å². The first kappa shape index (κ1) is 17.3. The van der Waals surface area contributed by atoms with Gasteiger partial charge in [0.25, 0.3) is 0 Å². The minimum absolute atomic E-state index is 0.161. The number of rotatable bonds is 8. The Labute approximate surface area is 124 Å². The Hall–Kier alpha value is -1.79. The molecule has 5 N–H and O–H groups in total. The largest absolute Gasteiger partial charge is 0.504 e. The molecule has 0 fully saturated rings. The van der Waals surface area contributed by atoms with Gasteiger partial charge in [-0.25, -0.2) is 0 Å². The molecule has 1 atom stereocenters. The van der Waals surface area contributed by atoms with Crippen molar-refractivity contribution >= 4 is 5.91 Å². The van der Waals surface area contributed by atoms with Gasteiger partial charge in [0.05, 0.1) is 6.04 Å². The van der Waals surface area contributed by atoms with E-state index in [0.717, 1.165) is 19.3 Å². The lowest BCUT2D eigenvalue weighted by atomic mass is 10.0. The number of aliphatic hydroxyl groups is 1. The van der Waals surface area contributed by atoms with Crippen LogP contribution < -0.4 is 5.73 Å². The fourth-order valence-electron chi connectivity index (χ4n) is 2.07. The van der Waals surface area contributed by atoms with Crippen molar-refractivity contribution in [2.24, 2.45) is 5.73 Å². The van der Waals surface area contributed by atoms with Crippen LogP contribution >= 0.6 is 0 Å². The van der Waals surface area contributed by atoms with Gasteiger partial charge >= 0.3 is 0 Å². The van der Waals surface area contributed by atoms with E-state index < -0.39 is 6.04 Å². The average Bonchev–Trinajstić information content (AvgIpc) is 2.46. The fraction of sp³-hybridized carbons (Fsp3) is 0.533. The molecule has 0 spiro atoms. The molecule has 118 valence electrons. The number of nitrogens with zero attached hydrogens (tertiary/aromatic N) is 1. The van der Waals surface area contributed by atoms with Crippen molar-refractivity contribution < 1.29 is 20.1 Å². The minimum Gasteiger partial charge on any atom is -0.504 e. The number of aliphatic hydroxyl groups excluding tert-OH is 1. The highest BCUT2D eigenvalue weighted by Gasteiger charge is 2.18. The number of aromatic hydroxyl groups is 2. The van der Waals surface area contributed by atoms with E-state index in [0.29, 0.717) is 18.5 Å². The molecule has 1 amide bonds. The maximum absolute atomic E-state index is 12.1. The number of nitrogens with two attached hydrogens (primary N) is 1. The van der Waals surface area contributed by atoms with E-state index in [4.69, 9.17) is 10.8 Å². The van der Waals surface area contributed by atoms with Crippen LogP contribution in [0.4, 0.5) is 0 Å². The van der Waals surface area contributed by atoms with Crippen molar-refractivity contribution in [3.63, 3.8) is 0 Å². The second kappa shape index (κ2) is 8.49. The van der Waals surface area contributed by atoms with Crippen molar-refractivity contribution in [3.8, 4) is 11.5 Å². The van der Waals surface area contributed by atoms with E-state index >= 15 is 0 Å². The number of carbonyl (C=O) groups excluding carboxylic acids is 1. The van der Waals surface area contributed by atoms with Crippen LogP contribution in [0.5, 0.6) is 11.5 Å². The Kier molecular flexibility index (Phi) is 6.98. The van der Waals surface area contributed by atoms with Gasteiger partial charge in [-0.3, -0.25) is 4.79 Å². The highest BCUT2D eigenvalue weighted by Crippen LogP contribution is 2.25. The van der Waals surface area contributed by atoms with Crippen molar-refractivity contribution in [2.45, 2.75) is 31.7 Å².